The van der Waals surface area contributed by atoms with Gasteiger partial charge in [0, 0.05) is 49.6 Å². The van der Waals surface area contributed by atoms with E-state index in [0.717, 1.165) is 49.7 Å². The van der Waals surface area contributed by atoms with Crippen molar-refractivity contribution in [3.05, 3.63) is 35.5 Å². The third kappa shape index (κ3) is 3.70. The molecule has 4 heterocycles. The number of fused-ring (bicyclic) bond motifs is 1. The molecule has 2 aromatic heterocycles. The van der Waals surface area contributed by atoms with Crippen LogP contribution in [0.4, 0.5) is 11.8 Å². The maximum absolute atomic E-state index is 12.3. The van der Waals surface area contributed by atoms with Crippen LogP contribution >= 0.6 is 0 Å². The molecule has 0 aromatic carbocycles. The first-order valence-corrected chi connectivity index (χ1v) is 9.59. The van der Waals surface area contributed by atoms with E-state index in [1.807, 2.05) is 19.9 Å². The summed E-state index contributed by atoms with van der Waals surface area (Å²) in [5.41, 5.74) is 1.47. The van der Waals surface area contributed by atoms with E-state index in [9.17, 15) is 4.79 Å². The van der Waals surface area contributed by atoms with E-state index in [-0.39, 0.29) is 11.8 Å². The molecule has 0 aliphatic carbocycles. The van der Waals surface area contributed by atoms with Crippen LogP contribution in [0.3, 0.4) is 0 Å². The Morgan fingerprint density at radius 2 is 1.93 bits per heavy atom. The molecule has 2 aliphatic rings. The first-order valence-electron chi connectivity index (χ1n) is 9.59. The number of carbonyl (C=O) groups excluding carboxylic acids is 1. The van der Waals surface area contributed by atoms with Crippen molar-refractivity contribution >= 4 is 17.7 Å². The normalized spacial score (nSPS) is 17.6. The average Bonchev–Trinajstić information content (AvgIpc) is 2.70. The van der Waals surface area contributed by atoms with Gasteiger partial charge in [-0.2, -0.15) is 0 Å². The summed E-state index contributed by atoms with van der Waals surface area (Å²) >= 11 is 0. The number of hydrogen-bond acceptors (Lipinski definition) is 7. The molecule has 2 aromatic rings. The van der Waals surface area contributed by atoms with Crippen LogP contribution in [0.2, 0.25) is 0 Å². The number of anilines is 2. The van der Waals surface area contributed by atoms with Crippen molar-refractivity contribution in [1.82, 2.24) is 25.3 Å². The van der Waals surface area contributed by atoms with Crippen LogP contribution < -0.4 is 15.5 Å². The summed E-state index contributed by atoms with van der Waals surface area (Å²) in [6.07, 6.45) is 6.26. The summed E-state index contributed by atoms with van der Waals surface area (Å²) in [4.78, 5) is 32.4. The van der Waals surface area contributed by atoms with Gasteiger partial charge in [0.15, 0.2) is 0 Å². The fourth-order valence-electron chi connectivity index (χ4n) is 3.56. The van der Waals surface area contributed by atoms with Gasteiger partial charge in [-0.3, -0.25) is 4.79 Å². The van der Waals surface area contributed by atoms with E-state index in [1.54, 1.807) is 12.4 Å². The zero-order valence-corrected chi connectivity index (χ0v) is 15.8. The smallest absolute Gasteiger partial charge is 0.270 e. The van der Waals surface area contributed by atoms with Crippen LogP contribution in [-0.2, 0) is 6.42 Å². The van der Waals surface area contributed by atoms with E-state index in [1.165, 1.54) is 0 Å². The molecule has 0 radical (unpaired) electrons. The molecular weight excluding hydrogens is 342 g/mol. The molecule has 1 amide bonds. The second-order valence-electron chi connectivity index (χ2n) is 7.37. The molecule has 2 N–H and O–H groups in total. The maximum atomic E-state index is 12.3. The van der Waals surface area contributed by atoms with Crippen molar-refractivity contribution in [1.29, 1.82) is 0 Å². The Morgan fingerprint density at radius 1 is 1.19 bits per heavy atom. The highest BCUT2D eigenvalue weighted by Crippen LogP contribution is 2.26. The summed E-state index contributed by atoms with van der Waals surface area (Å²) in [6, 6.07) is 2.15. The Kier molecular flexibility index (Phi) is 4.87. The number of amides is 1. The molecule has 0 bridgehead atoms. The van der Waals surface area contributed by atoms with Gasteiger partial charge in [-0.05, 0) is 25.3 Å². The van der Waals surface area contributed by atoms with Crippen LogP contribution in [-0.4, -0.2) is 51.5 Å². The lowest BCUT2D eigenvalue weighted by molar-refractivity contribution is 0.0940. The van der Waals surface area contributed by atoms with Crippen LogP contribution in [0.25, 0.3) is 0 Å². The molecule has 142 valence electrons. The van der Waals surface area contributed by atoms with Crippen molar-refractivity contribution in [2.75, 3.05) is 29.9 Å². The van der Waals surface area contributed by atoms with Crippen molar-refractivity contribution in [2.24, 2.45) is 0 Å². The number of aromatic nitrogens is 4. The standard InChI is InChI=1S/C19H25N7O/c1-12(2)16-24-15-14(4-9-20-18(15)27)17(25-16)23-13-5-10-26(11-6-13)19-21-7-3-8-22-19/h3,7-8,12-13H,4-6,9-11H2,1-2H3,(H,20,27)(H,23,24,25). The largest absolute Gasteiger partial charge is 0.367 e. The molecule has 27 heavy (non-hydrogen) atoms. The van der Waals surface area contributed by atoms with Gasteiger partial charge < -0.3 is 15.5 Å². The SMILES string of the molecule is CC(C)c1nc(NC2CCN(c3ncccn3)CC2)c2c(n1)C(=O)NCC2. The highest BCUT2D eigenvalue weighted by Gasteiger charge is 2.27. The number of nitrogens with one attached hydrogen (secondary N) is 2. The van der Waals surface area contributed by atoms with Gasteiger partial charge in [-0.1, -0.05) is 13.8 Å². The molecule has 0 spiro atoms. The van der Waals surface area contributed by atoms with E-state index >= 15 is 0 Å². The Balaban J connectivity index is 1.51. The summed E-state index contributed by atoms with van der Waals surface area (Å²) in [7, 11) is 0. The molecule has 8 heteroatoms. The minimum absolute atomic E-state index is 0.0976. The van der Waals surface area contributed by atoms with Crippen molar-refractivity contribution in [3.63, 3.8) is 0 Å². The molecule has 1 saturated heterocycles. The lowest BCUT2D eigenvalue weighted by Crippen LogP contribution is -2.41. The van der Waals surface area contributed by atoms with Crippen LogP contribution in [0.1, 0.15) is 54.5 Å². The molecule has 0 atom stereocenters. The molecule has 2 aliphatic heterocycles. The Labute approximate surface area is 158 Å². The third-order valence-electron chi connectivity index (χ3n) is 5.09. The van der Waals surface area contributed by atoms with Gasteiger partial charge in [0.05, 0.1) is 0 Å². The van der Waals surface area contributed by atoms with E-state index in [2.05, 4.69) is 30.5 Å². The van der Waals surface area contributed by atoms with Gasteiger partial charge in [0.25, 0.3) is 5.91 Å². The third-order valence-corrected chi connectivity index (χ3v) is 5.09. The highest BCUT2D eigenvalue weighted by atomic mass is 16.1. The monoisotopic (exact) mass is 367 g/mol. The number of hydrogen-bond donors (Lipinski definition) is 2. The highest BCUT2D eigenvalue weighted by molar-refractivity contribution is 5.96. The lowest BCUT2D eigenvalue weighted by Gasteiger charge is -2.33. The fraction of sp³-hybridized carbons (Fsp3) is 0.526. The molecule has 0 unspecified atom stereocenters. The zero-order valence-electron chi connectivity index (χ0n) is 15.8. The number of carbonyl (C=O) groups is 1. The van der Waals surface area contributed by atoms with Crippen LogP contribution in [0, 0.1) is 0 Å². The van der Waals surface area contributed by atoms with Crippen molar-refractivity contribution < 1.29 is 4.79 Å². The predicted octanol–water partition coefficient (Wildman–Crippen LogP) is 1.76. The second-order valence-corrected chi connectivity index (χ2v) is 7.37. The molecule has 1 fully saturated rings. The minimum atomic E-state index is -0.0976. The summed E-state index contributed by atoms with van der Waals surface area (Å²) in [5, 5.41) is 6.48. The van der Waals surface area contributed by atoms with Gasteiger partial charge in [-0.25, -0.2) is 19.9 Å². The number of piperidine rings is 1. The first kappa shape index (κ1) is 17.6. The Bertz CT molecular complexity index is 816. The first-order chi connectivity index (χ1) is 13.1. The predicted molar refractivity (Wildman–Crippen MR) is 103 cm³/mol. The minimum Gasteiger partial charge on any atom is -0.367 e. The van der Waals surface area contributed by atoms with Crippen molar-refractivity contribution in [2.45, 2.75) is 45.1 Å². The van der Waals surface area contributed by atoms with E-state index in [0.29, 0.717) is 24.1 Å². The maximum Gasteiger partial charge on any atom is 0.270 e. The van der Waals surface area contributed by atoms with Gasteiger partial charge in [0.2, 0.25) is 5.95 Å². The molecular formula is C19H25N7O. The summed E-state index contributed by atoms with van der Waals surface area (Å²) in [6.45, 7) is 6.52. The van der Waals surface area contributed by atoms with Crippen molar-refractivity contribution in [3.8, 4) is 0 Å². The lowest BCUT2D eigenvalue weighted by atomic mass is 10.0. The zero-order chi connectivity index (χ0) is 18.8. The molecule has 8 nitrogen and oxygen atoms in total. The number of nitrogens with zero attached hydrogens (tertiary/aromatic N) is 5. The van der Waals surface area contributed by atoms with Gasteiger partial charge in [-0.15, -0.1) is 0 Å². The quantitative estimate of drug-likeness (QED) is 0.850. The van der Waals surface area contributed by atoms with Gasteiger partial charge in [0.1, 0.15) is 17.3 Å². The fourth-order valence-corrected chi connectivity index (χ4v) is 3.56. The average molecular weight is 367 g/mol. The second kappa shape index (κ2) is 7.46. The summed E-state index contributed by atoms with van der Waals surface area (Å²) in [5.74, 6) is 2.40. The number of rotatable bonds is 4. The summed E-state index contributed by atoms with van der Waals surface area (Å²) < 4.78 is 0. The van der Waals surface area contributed by atoms with E-state index in [4.69, 9.17) is 4.98 Å². The van der Waals surface area contributed by atoms with Crippen LogP contribution in [0.15, 0.2) is 18.5 Å². The van der Waals surface area contributed by atoms with E-state index < -0.39 is 0 Å². The molecule has 0 saturated carbocycles. The van der Waals surface area contributed by atoms with Crippen LogP contribution in [0.5, 0.6) is 0 Å². The molecule has 4 rings (SSSR count). The Hall–Kier alpha value is -2.77. The Morgan fingerprint density at radius 3 is 2.63 bits per heavy atom. The van der Waals surface area contributed by atoms with Gasteiger partial charge >= 0.3 is 0 Å². The topological polar surface area (TPSA) is 95.9 Å².